The van der Waals surface area contributed by atoms with E-state index in [1.807, 2.05) is 0 Å². The van der Waals surface area contributed by atoms with Crippen molar-refractivity contribution in [1.29, 1.82) is 0 Å². The summed E-state index contributed by atoms with van der Waals surface area (Å²) in [5.41, 5.74) is 5.73. The van der Waals surface area contributed by atoms with Crippen LogP contribution in [0.1, 0.15) is 47.1 Å². The van der Waals surface area contributed by atoms with Crippen molar-refractivity contribution in [2.24, 2.45) is 5.92 Å². The third-order valence-corrected chi connectivity index (χ3v) is 5.30. The van der Waals surface area contributed by atoms with Gasteiger partial charge in [-0.15, -0.1) is 0 Å². The Labute approximate surface area is 132 Å². The van der Waals surface area contributed by atoms with Gasteiger partial charge in [-0.3, -0.25) is 0 Å². The zero-order valence-electron chi connectivity index (χ0n) is 13.3. The van der Waals surface area contributed by atoms with Gasteiger partial charge >= 0.3 is 0 Å². The van der Waals surface area contributed by atoms with Crippen LogP contribution in [0.3, 0.4) is 0 Å². The average Bonchev–Trinajstić information content (AvgIpc) is 2.88. The lowest BCUT2D eigenvalue weighted by atomic mass is 9.80. The second kappa shape index (κ2) is 5.44. The fourth-order valence-corrected chi connectivity index (χ4v) is 4.37. The molecule has 3 atom stereocenters. The molecule has 0 saturated carbocycles. The molecule has 1 fully saturated rings. The second-order valence-electron chi connectivity index (χ2n) is 6.62. The number of methoxy groups -OCH3 is 1. The predicted molar refractivity (Wildman–Crippen MR) is 89.5 cm³/mol. The highest BCUT2D eigenvalue weighted by atomic mass is 16.5. The molecule has 0 radical (unpaired) electrons. The van der Waals surface area contributed by atoms with Gasteiger partial charge in [0.2, 0.25) is 0 Å². The van der Waals surface area contributed by atoms with Crippen LogP contribution in [0.4, 0.5) is 0 Å². The molecule has 1 heterocycles. The number of hydrogen-bond donors (Lipinski definition) is 1. The van der Waals surface area contributed by atoms with Gasteiger partial charge in [-0.05, 0) is 61.1 Å². The maximum atomic E-state index is 5.45. The lowest BCUT2D eigenvalue weighted by Crippen LogP contribution is -2.32. The van der Waals surface area contributed by atoms with Gasteiger partial charge in [0.05, 0.1) is 7.11 Å². The zero-order chi connectivity index (χ0) is 15.1. The Morgan fingerprint density at radius 2 is 2.00 bits per heavy atom. The van der Waals surface area contributed by atoms with Crippen molar-refractivity contribution >= 4 is 0 Å². The predicted octanol–water partition coefficient (Wildman–Crippen LogP) is 4.19. The summed E-state index contributed by atoms with van der Waals surface area (Å²) in [6.07, 6.45) is 2.57. The van der Waals surface area contributed by atoms with Crippen molar-refractivity contribution in [2.75, 3.05) is 13.7 Å². The van der Waals surface area contributed by atoms with E-state index >= 15 is 0 Å². The van der Waals surface area contributed by atoms with E-state index in [0.717, 1.165) is 12.3 Å². The summed E-state index contributed by atoms with van der Waals surface area (Å²) < 4.78 is 5.45. The van der Waals surface area contributed by atoms with E-state index in [9.17, 15) is 0 Å². The summed E-state index contributed by atoms with van der Waals surface area (Å²) in [6.45, 7) is 3.31. The molecular weight excluding hydrogens is 270 g/mol. The summed E-state index contributed by atoms with van der Waals surface area (Å²) in [5.74, 6) is 2.14. The van der Waals surface area contributed by atoms with Crippen molar-refractivity contribution in [1.82, 2.24) is 5.32 Å². The lowest BCUT2D eigenvalue weighted by Gasteiger charge is -2.31. The van der Waals surface area contributed by atoms with Gasteiger partial charge in [-0.2, -0.15) is 0 Å². The molecule has 2 nitrogen and oxygen atoms in total. The number of aryl methyl sites for hydroxylation is 1. The smallest absolute Gasteiger partial charge is 0.119 e. The third kappa shape index (κ3) is 2.14. The normalized spacial score (nSPS) is 26.4. The van der Waals surface area contributed by atoms with Gasteiger partial charge < -0.3 is 10.1 Å². The minimum atomic E-state index is 0.476. The molecule has 3 unspecified atom stereocenters. The molecule has 1 aliphatic carbocycles. The molecule has 0 bridgehead atoms. The summed E-state index contributed by atoms with van der Waals surface area (Å²) in [5, 5.41) is 3.75. The fraction of sp³-hybridized carbons (Fsp3) is 0.400. The van der Waals surface area contributed by atoms with Crippen molar-refractivity contribution < 1.29 is 4.74 Å². The SMILES string of the molecule is COc1ccc2c(c1)C1NCCCC1C2c1cccc(C)c1. The molecule has 22 heavy (non-hydrogen) atoms. The van der Waals surface area contributed by atoms with E-state index in [1.165, 1.54) is 35.1 Å². The molecule has 2 aromatic carbocycles. The van der Waals surface area contributed by atoms with E-state index in [2.05, 4.69) is 54.7 Å². The molecule has 1 saturated heterocycles. The highest BCUT2D eigenvalue weighted by Gasteiger charge is 2.42. The fourth-order valence-electron chi connectivity index (χ4n) is 4.37. The van der Waals surface area contributed by atoms with Crippen LogP contribution in [0.25, 0.3) is 0 Å². The Morgan fingerprint density at radius 1 is 1.09 bits per heavy atom. The van der Waals surface area contributed by atoms with Crippen LogP contribution in [-0.2, 0) is 0 Å². The van der Waals surface area contributed by atoms with E-state index in [1.54, 1.807) is 7.11 Å². The summed E-state index contributed by atoms with van der Waals surface area (Å²) in [4.78, 5) is 0. The second-order valence-corrected chi connectivity index (χ2v) is 6.62. The van der Waals surface area contributed by atoms with Gasteiger partial charge in [0.15, 0.2) is 0 Å². The van der Waals surface area contributed by atoms with Gasteiger partial charge in [0.25, 0.3) is 0 Å². The standard InChI is InChI=1S/C20H23NO/c1-13-5-3-6-14(11-13)19-16-9-8-15(22-2)12-18(16)20-17(19)7-4-10-21-20/h3,5-6,8-9,11-12,17,19-21H,4,7,10H2,1-2H3. The zero-order valence-corrected chi connectivity index (χ0v) is 13.3. The van der Waals surface area contributed by atoms with Crippen molar-refractivity contribution in [2.45, 2.75) is 31.7 Å². The number of hydrogen-bond acceptors (Lipinski definition) is 2. The van der Waals surface area contributed by atoms with E-state index in [4.69, 9.17) is 4.74 Å². The number of nitrogens with one attached hydrogen (secondary N) is 1. The van der Waals surface area contributed by atoms with Crippen LogP contribution >= 0.6 is 0 Å². The molecule has 0 spiro atoms. The molecule has 1 aliphatic heterocycles. The molecule has 0 amide bonds. The molecule has 2 heteroatoms. The van der Waals surface area contributed by atoms with Crippen molar-refractivity contribution in [3.63, 3.8) is 0 Å². The van der Waals surface area contributed by atoms with Crippen molar-refractivity contribution in [3.8, 4) is 5.75 Å². The molecule has 4 rings (SSSR count). The Morgan fingerprint density at radius 3 is 2.82 bits per heavy atom. The summed E-state index contributed by atoms with van der Waals surface area (Å²) in [7, 11) is 1.75. The lowest BCUT2D eigenvalue weighted by molar-refractivity contribution is 0.286. The number of rotatable bonds is 2. The molecule has 2 aromatic rings. The molecule has 2 aliphatic rings. The third-order valence-electron chi connectivity index (χ3n) is 5.30. The Bertz CT molecular complexity index is 694. The molecular formula is C20H23NO. The van der Waals surface area contributed by atoms with E-state index in [0.29, 0.717) is 17.9 Å². The maximum absolute atomic E-state index is 5.45. The first-order valence-electron chi connectivity index (χ1n) is 8.25. The first-order chi connectivity index (χ1) is 10.8. The largest absolute Gasteiger partial charge is 0.497 e. The van der Waals surface area contributed by atoms with Gasteiger partial charge in [0, 0.05) is 12.0 Å². The number of piperidine rings is 1. The Balaban J connectivity index is 1.84. The maximum Gasteiger partial charge on any atom is 0.119 e. The van der Waals surface area contributed by atoms with Gasteiger partial charge in [0.1, 0.15) is 5.75 Å². The topological polar surface area (TPSA) is 21.3 Å². The number of fused-ring (bicyclic) bond motifs is 3. The Hall–Kier alpha value is -1.80. The minimum Gasteiger partial charge on any atom is -0.497 e. The van der Waals surface area contributed by atoms with Gasteiger partial charge in [-0.25, -0.2) is 0 Å². The highest BCUT2D eigenvalue weighted by Crippen LogP contribution is 2.52. The number of ether oxygens (including phenoxy) is 1. The molecule has 0 aromatic heterocycles. The van der Waals surface area contributed by atoms with Crippen LogP contribution in [0.2, 0.25) is 0 Å². The number of benzene rings is 2. The summed E-state index contributed by atoms with van der Waals surface area (Å²) >= 11 is 0. The first-order valence-corrected chi connectivity index (χ1v) is 8.25. The Kier molecular flexibility index (Phi) is 3.42. The molecule has 1 N–H and O–H groups in total. The monoisotopic (exact) mass is 293 g/mol. The van der Waals surface area contributed by atoms with Crippen LogP contribution in [0, 0.1) is 12.8 Å². The van der Waals surface area contributed by atoms with Crippen LogP contribution in [0.5, 0.6) is 5.75 Å². The van der Waals surface area contributed by atoms with Crippen LogP contribution < -0.4 is 10.1 Å². The van der Waals surface area contributed by atoms with Gasteiger partial charge in [-0.1, -0.05) is 35.9 Å². The summed E-state index contributed by atoms with van der Waals surface area (Å²) in [6, 6.07) is 16.1. The van der Waals surface area contributed by atoms with Crippen LogP contribution in [0.15, 0.2) is 42.5 Å². The van der Waals surface area contributed by atoms with Crippen LogP contribution in [-0.4, -0.2) is 13.7 Å². The minimum absolute atomic E-state index is 0.476. The van der Waals surface area contributed by atoms with Crippen molar-refractivity contribution in [3.05, 3.63) is 64.7 Å². The van der Waals surface area contributed by atoms with E-state index in [-0.39, 0.29) is 0 Å². The quantitative estimate of drug-likeness (QED) is 0.896. The molecule has 114 valence electrons. The van der Waals surface area contributed by atoms with E-state index < -0.39 is 0 Å². The first kappa shape index (κ1) is 13.8. The highest BCUT2D eigenvalue weighted by molar-refractivity contribution is 5.49. The average molecular weight is 293 g/mol.